The summed E-state index contributed by atoms with van der Waals surface area (Å²) in [5.74, 6) is -1.57. The van der Waals surface area contributed by atoms with Gasteiger partial charge in [-0.3, -0.25) is 0 Å². The zero-order valence-electron chi connectivity index (χ0n) is 10.2. The van der Waals surface area contributed by atoms with E-state index in [9.17, 15) is 18.3 Å². The van der Waals surface area contributed by atoms with Crippen molar-refractivity contribution >= 4 is 0 Å². The molecule has 102 valence electrons. The first kappa shape index (κ1) is 14.8. The minimum absolute atomic E-state index is 0.0567. The second kappa shape index (κ2) is 6.05. The summed E-state index contributed by atoms with van der Waals surface area (Å²) in [6, 6.07) is 0. The maximum atomic E-state index is 12.6. The molecule has 1 rings (SSSR count). The van der Waals surface area contributed by atoms with Crippen molar-refractivity contribution in [2.75, 3.05) is 6.54 Å². The molecule has 0 aromatic carbocycles. The van der Waals surface area contributed by atoms with Crippen molar-refractivity contribution in [3.63, 3.8) is 0 Å². The zero-order valence-corrected chi connectivity index (χ0v) is 10.2. The fraction of sp³-hybridized carbons (Fsp3) is 1.00. The molecule has 0 bridgehead atoms. The van der Waals surface area contributed by atoms with Gasteiger partial charge in [0.2, 0.25) is 0 Å². The minimum Gasteiger partial charge on any atom is -0.393 e. The fourth-order valence-electron chi connectivity index (χ4n) is 2.77. The van der Waals surface area contributed by atoms with Crippen molar-refractivity contribution < 1.29 is 18.3 Å². The summed E-state index contributed by atoms with van der Waals surface area (Å²) < 4.78 is 37.9. The molecule has 1 fully saturated rings. The summed E-state index contributed by atoms with van der Waals surface area (Å²) >= 11 is 0. The first-order valence-corrected chi connectivity index (χ1v) is 6.35. The Morgan fingerprint density at radius 2 is 2.00 bits per heavy atom. The molecule has 4 atom stereocenters. The summed E-state index contributed by atoms with van der Waals surface area (Å²) in [4.78, 5) is 0. The number of hydrogen-bond donors (Lipinski definition) is 2. The molecule has 5 heteroatoms. The Balaban J connectivity index is 2.60. The van der Waals surface area contributed by atoms with E-state index in [1.54, 1.807) is 0 Å². The highest BCUT2D eigenvalue weighted by Crippen LogP contribution is 2.41. The van der Waals surface area contributed by atoms with Crippen LogP contribution in [0.1, 0.15) is 39.0 Å². The van der Waals surface area contributed by atoms with Crippen LogP contribution in [0.3, 0.4) is 0 Å². The number of rotatable bonds is 4. The normalized spacial score (nSPS) is 30.0. The fourth-order valence-corrected chi connectivity index (χ4v) is 2.77. The van der Waals surface area contributed by atoms with Gasteiger partial charge in [-0.2, -0.15) is 13.2 Å². The van der Waals surface area contributed by atoms with Gasteiger partial charge in [0, 0.05) is 0 Å². The number of hydrogen-bond acceptors (Lipinski definition) is 2. The highest BCUT2D eigenvalue weighted by atomic mass is 19.4. The lowest BCUT2D eigenvalue weighted by molar-refractivity contribution is -0.189. The molecular weight excluding hydrogens is 231 g/mol. The molecule has 4 unspecified atom stereocenters. The molecule has 0 radical (unpaired) electrons. The molecule has 0 aromatic heterocycles. The summed E-state index contributed by atoms with van der Waals surface area (Å²) in [7, 11) is 0. The number of alkyl halides is 3. The Morgan fingerprint density at radius 1 is 1.35 bits per heavy atom. The summed E-state index contributed by atoms with van der Waals surface area (Å²) in [5.41, 5.74) is 5.53. The highest BCUT2D eigenvalue weighted by molar-refractivity contribution is 4.84. The van der Waals surface area contributed by atoms with Crippen LogP contribution in [0.2, 0.25) is 0 Å². The van der Waals surface area contributed by atoms with Crippen molar-refractivity contribution in [3.05, 3.63) is 0 Å². The maximum Gasteiger partial charge on any atom is 0.391 e. The third kappa shape index (κ3) is 3.85. The van der Waals surface area contributed by atoms with E-state index in [0.717, 1.165) is 0 Å². The van der Waals surface area contributed by atoms with Crippen LogP contribution < -0.4 is 5.73 Å². The molecular formula is C12H22F3NO. The highest BCUT2D eigenvalue weighted by Gasteiger charge is 2.44. The Labute approximate surface area is 100 Å². The average Bonchev–Trinajstić information content (AvgIpc) is 2.29. The number of aliphatic hydroxyl groups is 1. The van der Waals surface area contributed by atoms with Gasteiger partial charge in [0.15, 0.2) is 0 Å². The van der Waals surface area contributed by atoms with Crippen molar-refractivity contribution in [2.45, 2.75) is 51.3 Å². The topological polar surface area (TPSA) is 46.2 Å². The van der Waals surface area contributed by atoms with Crippen LogP contribution >= 0.6 is 0 Å². The van der Waals surface area contributed by atoms with E-state index in [-0.39, 0.29) is 24.7 Å². The summed E-state index contributed by atoms with van der Waals surface area (Å²) in [6.07, 6.45) is -2.60. The van der Waals surface area contributed by atoms with Gasteiger partial charge in [-0.15, -0.1) is 0 Å². The molecule has 1 saturated carbocycles. The first-order valence-electron chi connectivity index (χ1n) is 6.35. The Bertz CT molecular complexity index is 228. The summed E-state index contributed by atoms with van der Waals surface area (Å²) in [6.45, 7) is 2.25. The van der Waals surface area contributed by atoms with Crippen LogP contribution in [0.5, 0.6) is 0 Å². The minimum atomic E-state index is -4.12. The van der Waals surface area contributed by atoms with E-state index in [1.165, 1.54) is 0 Å². The molecule has 17 heavy (non-hydrogen) atoms. The largest absolute Gasteiger partial charge is 0.393 e. The quantitative estimate of drug-likeness (QED) is 0.809. The van der Waals surface area contributed by atoms with Gasteiger partial charge < -0.3 is 10.8 Å². The van der Waals surface area contributed by atoms with Gasteiger partial charge in [0.25, 0.3) is 0 Å². The van der Waals surface area contributed by atoms with Gasteiger partial charge in [0.05, 0.1) is 12.0 Å². The number of halogens is 3. The van der Waals surface area contributed by atoms with Gasteiger partial charge in [-0.05, 0) is 44.1 Å². The SMILES string of the molecule is CCC(CN)C(O)C1CCCC(C(F)(F)F)C1. The van der Waals surface area contributed by atoms with Crippen LogP contribution in [0.25, 0.3) is 0 Å². The van der Waals surface area contributed by atoms with Gasteiger partial charge in [-0.1, -0.05) is 13.3 Å². The van der Waals surface area contributed by atoms with E-state index >= 15 is 0 Å². The van der Waals surface area contributed by atoms with Crippen LogP contribution in [-0.2, 0) is 0 Å². The monoisotopic (exact) mass is 253 g/mol. The summed E-state index contributed by atoms with van der Waals surface area (Å²) in [5, 5.41) is 10.1. The predicted octanol–water partition coefficient (Wildman–Crippen LogP) is 2.70. The van der Waals surface area contributed by atoms with E-state index in [0.29, 0.717) is 25.8 Å². The lowest BCUT2D eigenvalue weighted by Gasteiger charge is -2.35. The lowest BCUT2D eigenvalue weighted by atomic mass is 9.75. The van der Waals surface area contributed by atoms with Gasteiger partial charge in [-0.25, -0.2) is 0 Å². The van der Waals surface area contributed by atoms with Crippen LogP contribution in [0.4, 0.5) is 13.2 Å². The molecule has 1 aliphatic rings. The van der Waals surface area contributed by atoms with Crippen molar-refractivity contribution in [1.82, 2.24) is 0 Å². The molecule has 0 saturated heterocycles. The second-order valence-corrected chi connectivity index (χ2v) is 5.06. The molecule has 0 spiro atoms. The molecule has 3 N–H and O–H groups in total. The molecule has 2 nitrogen and oxygen atoms in total. The Hall–Kier alpha value is -0.290. The predicted molar refractivity (Wildman–Crippen MR) is 60.3 cm³/mol. The lowest BCUT2D eigenvalue weighted by Crippen LogP contribution is -2.39. The van der Waals surface area contributed by atoms with Gasteiger partial charge >= 0.3 is 6.18 Å². The molecule has 1 aliphatic carbocycles. The van der Waals surface area contributed by atoms with E-state index in [2.05, 4.69) is 0 Å². The molecule has 0 heterocycles. The molecule has 0 amide bonds. The van der Waals surface area contributed by atoms with Crippen molar-refractivity contribution in [3.8, 4) is 0 Å². The molecule has 0 aromatic rings. The number of nitrogens with two attached hydrogens (primary N) is 1. The van der Waals surface area contributed by atoms with Crippen molar-refractivity contribution in [1.29, 1.82) is 0 Å². The maximum absolute atomic E-state index is 12.6. The van der Waals surface area contributed by atoms with Crippen LogP contribution in [0, 0.1) is 17.8 Å². The zero-order chi connectivity index (χ0) is 13.1. The standard InChI is InChI=1S/C12H22F3NO/c1-2-8(7-16)11(17)9-4-3-5-10(6-9)12(13,14)15/h8-11,17H,2-7,16H2,1H3. The first-order chi connectivity index (χ1) is 7.90. The second-order valence-electron chi connectivity index (χ2n) is 5.06. The average molecular weight is 253 g/mol. The van der Waals surface area contributed by atoms with Crippen LogP contribution in [0.15, 0.2) is 0 Å². The smallest absolute Gasteiger partial charge is 0.391 e. The van der Waals surface area contributed by atoms with E-state index < -0.39 is 18.2 Å². The van der Waals surface area contributed by atoms with E-state index in [1.807, 2.05) is 6.92 Å². The van der Waals surface area contributed by atoms with Crippen LogP contribution in [-0.4, -0.2) is 23.9 Å². The Morgan fingerprint density at radius 3 is 2.47 bits per heavy atom. The Kier molecular flexibility index (Phi) is 5.25. The molecule has 0 aliphatic heterocycles. The number of aliphatic hydroxyl groups excluding tert-OH is 1. The third-order valence-electron chi connectivity index (χ3n) is 3.97. The van der Waals surface area contributed by atoms with E-state index in [4.69, 9.17) is 5.73 Å². The van der Waals surface area contributed by atoms with Gasteiger partial charge in [0.1, 0.15) is 0 Å². The van der Waals surface area contributed by atoms with Crippen molar-refractivity contribution in [2.24, 2.45) is 23.5 Å². The third-order valence-corrected chi connectivity index (χ3v) is 3.97.